The van der Waals surface area contributed by atoms with Gasteiger partial charge in [0.2, 0.25) is 0 Å². The van der Waals surface area contributed by atoms with Gasteiger partial charge in [-0.05, 0) is 26.7 Å². The summed E-state index contributed by atoms with van der Waals surface area (Å²) >= 11 is 1.94. The molecule has 0 amide bonds. The van der Waals surface area contributed by atoms with Gasteiger partial charge in [-0.3, -0.25) is 4.79 Å². The van der Waals surface area contributed by atoms with Crippen molar-refractivity contribution in [1.82, 2.24) is 9.97 Å². The zero-order valence-electron chi connectivity index (χ0n) is 10.6. The first-order valence-corrected chi connectivity index (χ1v) is 7.39. The number of hydrogen-bond donors (Lipinski definition) is 1. The lowest BCUT2D eigenvalue weighted by Crippen LogP contribution is -2.16. The normalized spacial score (nSPS) is 17.3. The number of aromatic amines is 1. The molecule has 1 heterocycles. The third-order valence-corrected chi connectivity index (χ3v) is 4.83. The predicted octanol–water partition coefficient (Wildman–Crippen LogP) is 2.95. The second kappa shape index (κ2) is 5.71. The van der Waals surface area contributed by atoms with Crippen molar-refractivity contribution in [2.75, 3.05) is 0 Å². The monoisotopic (exact) mass is 252 g/mol. The van der Waals surface area contributed by atoms with E-state index in [2.05, 4.69) is 9.97 Å². The molecule has 4 heteroatoms. The second-order valence-corrected chi connectivity index (χ2v) is 6.08. The van der Waals surface area contributed by atoms with Crippen LogP contribution in [0.15, 0.2) is 4.79 Å². The number of aryl methyl sites for hydroxylation is 1. The minimum Gasteiger partial charge on any atom is -0.310 e. The van der Waals surface area contributed by atoms with Crippen LogP contribution in [0.4, 0.5) is 0 Å². The van der Waals surface area contributed by atoms with Crippen molar-refractivity contribution in [3.05, 3.63) is 27.4 Å². The minimum atomic E-state index is 0.0109. The average Bonchev–Trinajstić information content (AvgIpc) is 2.34. The first kappa shape index (κ1) is 12.7. The van der Waals surface area contributed by atoms with Gasteiger partial charge >= 0.3 is 0 Å². The zero-order chi connectivity index (χ0) is 12.3. The van der Waals surface area contributed by atoms with Gasteiger partial charge in [0.25, 0.3) is 5.56 Å². The Morgan fingerprint density at radius 1 is 1.29 bits per heavy atom. The molecule has 0 unspecified atom stereocenters. The van der Waals surface area contributed by atoms with E-state index in [-0.39, 0.29) is 5.56 Å². The van der Waals surface area contributed by atoms with Gasteiger partial charge in [-0.1, -0.05) is 19.3 Å². The summed E-state index contributed by atoms with van der Waals surface area (Å²) in [6.07, 6.45) is 6.73. The molecule has 0 bridgehead atoms. The summed E-state index contributed by atoms with van der Waals surface area (Å²) in [6, 6.07) is 0. The third kappa shape index (κ3) is 3.35. The minimum absolute atomic E-state index is 0.0109. The lowest BCUT2D eigenvalue weighted by atomic mass is 10.0. The fourth-order valence-corrected chi connectivity index (χ4v) is 3.40. The van der Waals surface area contributed by atoms with Gasteiger partial charge in [0.1, 0.15) is 5.82 Å². The molecule has 2 rings (SSSR count). The van der Waals surface area contributed by atoms with E-state index in [1.165, 1.54) is 32.1 Å². The SMILES string of the molecule is Cc1nc(CSC2CCCCC2)[nH]c(=O)c1C. The van der Waals surface area contributed by atoms with Gasteiger partial charge < -0.3 is 4.98 Å². The van der Waals surface area contributed by atoms with E-state index >= 15 is 0 Å². The average molecular weight is 252 g/mol. The van der Waals surface area contributed by atoms with Crippen LogP contribution in [-0.4, -0.2) is 15.2 Å². The summed E-state index contributed by atoms with van der Waals surface area (Å²) in [5.74, 6) is 1.66. The number of hydrogen-bond acceptors (Lipinski definition) is 3. The molecule has 94 valence electrons. The molecular formula is C13H20N2OS. The Hall–Kier alpha value is -0.770. The van der Waals surface area contributed by atoms with Gasteiger partial charge in [-0.2, -0.15) is 11.8 Å². The van der Waals surface area contributed by atoms with Crippen LogP contribution in [0.3, 0.4) is 0 Å². The van der Waals surface area contributed by atoms with Gasteiger partial charge in [0.05, 0.1) is 5.75 Å². The molecule has 3 nitrogen and oxygen atoms in total. The van der Waals surface area contributed by atoms with E-state index in [0.717, 1.165) is 28.1 Å². The number of nitrogens with one attached hydrogen (secondary N) is 1. The van der Waals surface area contributed by atoms with Crippen molar-refractivity contribution in [1.29, 1.82) is 0 Å². The summed E-state index contributed by atoms with van der Waals surface area (Å²) in [4.78, 5) is 18.9. The highest BCUT2D eigenvalue weighted by Crippen LogP contribution is 2.29. The van der Waals surface area contributed by atoms with Crippen molar-refractivity contribution in [2.24, 2.45) is 0 Å². The standard InChI is InChI=1S/C13H20N2OS/c1-9-10(2)14-12(15-13(9)16)8-17-11-6-4-3-5-7-11/h11H,3-8H2,1-2H3,(H,14,15,16). The number of aromatic nitrogens is 2. The van der Waals surface area contributed by atoms with E-state index in [0.29, 0.717) is 0 Å². The smallest absolute Gasteiger partial charge is 0.254 e. The molecule has 0 aromatic carbocycles. The zero-order valence-corrected chi connectivity index (χ0v) is 11.4. The van der Waals surface area contributed by atoms with Gasteiger partial charge in [-0.25, -0.2) is 4.98 Å². The molecule has 0 radical (unpaired) electrons. The Bertz CT molecular complexity index is 436. The molecule has 17 heavy (non-hydrogen) atoms. The maximum atomic E-state index is 11.6. The fourth-order valence-electron chi connectivity index (χ4n) is 2.20. The maximum Gasteiger partial charge on any atom is 0.254 e. The third-order valence-electron chi connectivity index (χ3n) is 3.45. The summed E-state index contributed by atoms with van der Waals surface area (Å²) in [7, 11) is 0. The molecule has 0 spiro atoms. The summed E-state index contributed by atoms with van der Waals surface area (Å²) < 4.78 is 0. The molecular weight excluding hydrogens is 232 g/mol. The maximum absolute atomic E-state index is 11.6. The lowest BCUT2D eigenvalue weighted by Gasteiger charge is -2.20. The summed E-state index contributed by atoms with van der Waals surface area (Å²) in [6.45, 7) is 3.72. The van der Waals surface area contributed by atoms with Crippen LogP contribution in [0, 0.1) is 13.8 Å². The molecule has 1 N–H and O–H groups in total. The largest absolute Gasteiger partial charge is 0.310 e. The van der Waals surface area contributed by atoms with Crippen LogP contribution >= 0.6 is 11.8 Å². The Morgan fingerprint density at radius 2 is 2.00 bits per heavy atom. The van der Waals surface area contributed by atoms with Crippen molar-refractivity contribution < 1.29 is 0 Å². The lowest BCUT2D eigenvalue weighted by molar-refractivity contribution is 0.516. The van der Waals surface area contributed by atoms with Gasteiger partial charge in [-0.15, -0.1) is 0 Å². The Balaban J connectivity index is 1.96. The van der Waals surface area contributed by atoms with E-state index in [9.17, 15) is 4.79 Å². The summed E-state index contributed by atoms with van der Waals surface area (Å²) in [5, 5.41) is 0.760. The first-order chi connectivity index (χ1) is 8.16. The fraction of sp³-hybridized carbons (Fsp3) is 0.692. The summed E-state index contributed by atoms with van der Waals surface area (Å²) in [5.41, 5.74) is 1.60. The van der Waals surface area contributed by atoms with Gasteiger partial charge in [0.15, 0.2) is 0 Å². The van der Waals surface area contributed by atoms with Gasteiger partial charge in [0, 0.05) is 16.5 Å². The van der Waals surface area contributed by atoms with Crippen LogP contribution in [-0.2, 0) is 5.75 Å². The first-order valence-electron chi connectivity index (χ1n) is 6.35. The Kier molecular flexibility index (Phi) is 4.26. The van der Waals surface area contributed by atoms with Crippen LogP contribution in [0.2, 0.25) is 0 Å². The molecule has 1 aliphatic carbocycles. The molecule has 1 saturated carbocycles. The highest BCUT2D eigenvalue weighted by atomic mass is 32.2. The number of H-pyrrole nitrogens is 1. The molecule has 0 atom stereocenters. The number of nitrogens with zero attached hydrogens (tertiary/aromatic N) is 1. The predicted molar refractivity (Wildman–Crippen MR) is 72.5 cm³/mol. The van der Waals surface area contributed by atoms with Crippen LogP contribution in [0.1, 0.15) is 49.2 Å². The molecule has 1 aromatic rings. The van der Waals surface area contributed by atoms with E-state index in [4.69, 9.17) is 0 Å². The Labute approximate surface area is 106 Å². The van der Waals surface area contributed by atoms with Crippen molar-refractivity contribution >= 4 is 11.8 Å². The van der Waals surface area contributed by atoms with E-state index < -0.39 is 0 Å². The quantitative estimate of drug-likeness (QED) is 0.899. The number of rotatable bonds is 3. The second-order valence-electron chi connectivity index (χ2n) is 4.79. The highest BCUT2D eigenvalue weighted by molar-refractivity contribution is 7.99. The number of thioether (sulfide) groups is 1. The molecule has 0 aliphatic heterocycles. The molecule has 1 fully saturated rings. The van der Waals surface area contributed by atoms with Crippen LogP contribution in [0.25, 0.3) is 0 Å². The van der Waals surface area contributed by atoms with E-state index in [1.807, 2.05) is 25.6 Å². The molecule has 0 saturated heterocycles. The van der Waals surface area contributed by atoms with E-state index in [1.54, 1.807) is 0 Å². The van der Waals surface area contributed by atoms with Crippen molar-refractivity contribution in [2.45, 2.75) is 57.0 Å². The van der Waals surface area contributed by atoms with Crippen LogP contribution < -0.4 is 5.56 Å². The topological polar surface area (TPSA) is 45.8 Å². The van der Waals surface area contributed by atoms with Crippen molar-refractivity contribution in [3.63, 3.8) is 0 Å². The highest BCUT2D eigenvalue weighted by Gasteiger charge is 2.14. The molecule has 1 aromatic heterocycles. The van der Waals surface area contributed by atoms with Crippen molar-refractivity contribution in [3.8, 4) is 0 Å². The molecule has 1 aliphatic rings. The Morgan fingerprint density at radius 3 is 2.65 bits per heavy atom. The van der Waals surface area contributed by atoms with Crippen LogP contribution in [0.5, 0.6) is 0 Å².